The molecule has 41 heavy (non-hydrogen) atoms. The first kappa shape index (κ1) is 31.5. The van der Waals surface area contributed by atoms with Gasteiger partial charge in [-0.2, -0.15) is 11.4 Å². The summed E-state index contributed by atoms with van der Waals surface area (Å²) in [4.78, 5) is 15.8. The van der Waals surface area contributed by atoms with E-state index in [1.54, 1.807) is 0 Å². The number of fused-ring (bicyclic) bond motifs is 8. The third-order valence-corrected chi connectivity index (χ3v) is 9.29. The molecule has 5 heterocycles. The smallest absolute Gasteiger partial charge is 0.664 e. The standard InChI is InChI=1S/C36H46N4.Pt/c1-9-21-22(10-2)30-18-32-25(13-5)26(14-6)34(39-32)20-36-28(16-8)27(15-7)35(40-36)19-33-24(12-4)23(11-3)31(38-33)17-29(21)37-30;/h17-22H,9-16H2,1-8H3;/q-4;+4/b29-17-,30-18-,35-19-,36-20-;. The number of aromatic nitrogens is 3. The zero-order valence-electron chi connectivity index (χ0n) is 26.2. The molecule has 0 aliphatic carbocycles. The second-order valence-corrected chi connectivity index (χ2v) is 11.2. The molecule has 2 aliphatic heterocycles. The Morgan fingerprint density at radius 2 is 0.756 bits per heavy atom. The van der Waals surface area contributed by atoms with Crippen LogP contribution >= 0.6 is 0 Å². The first-order valence-corrected chi connectivity index (χ1v) is 15.9. The molecule has 5 rings (SSSR count). The van der Waals surface area contributed by atoms with E-state index in [1.807, 2.05) is 0 Å². The van der Waals surface area contributed by atoms with Crippen molar-refractivity contribution in [3.63, 3.8) is 0 Å². The fourth-order valence-corrected chi connectivity index (χ4v) is 7.34. The molecule has 2 unspecified atom stereocenters. The molecule has 0 radical (unpaired) electrons. The van der Waals surface area contributed by atoms with Crippen molar-refractivity contribution in [2.24, 2.45) is 11.8 Å². The van der Waals surface area contributed by atoms with E-state index in [0.29, 0.717) is 11.8 Å². The number of nitrogens with zero attached hydrogens (tertiary/aromatic N) is 4. The van der Waals surface area contributed by atoms with Gasteiger partial charge in [0, 0.05) is 0 Å². The van der Waals surface area contributed by atoms with E-state index in [4.69, 9.17) is 20.3 Å². The van der Waals surface area contributed by atoms with Gasteiger partial charge in [-0.25, -0.2) is 0 Å². The SMILES string of the molecule is CCc1c2[n-]c(c1CC)/C=c1\[n-]/c(c(CC)c1CC)=C\c1[n-]c(c(CC)c1CC)/C=C1\[N-]/C(=C\2)C(CC)C1CC.[Pt+4]. The number of rotatable bonds is 8. The first-order valence-electron chi connectivity index (χ1n) is 15.9. The van der Waals surface area contributed by atoms with Crippen LogP contribution in [0.3, 0.4) is 0 Å². The van der Waals surface area contributed by atoms with Gasteiger partial charge in [0.05, 0.1) is 0 Å². The Labute approximate surface area is 261 Å². The maximum atomic E-state index is 5.33. The summed E-state index contributed by atoms with van der Waals surface area (Å²) in [6.45, 7) is 18.1. The summed E-state index contributed by atoms with van der Waals surface area (Å²) < 4.78 is 0. The Kier molecular flexibility index (Phi) is 10.2. The molecule has 2 atom stereocenters. The van der Waals surface area contributed by atoms with Gasteiger partial charge < -0.3 is 20.3 Å². The third kappa shape index (κ3) is 5.42. The van der Waals surface area contributed by atoms with Gasteiger partial charge in [0.25, 0.3) is 0 Å². The van der Waals surface area contributed by atoms with Gasteiger partial charge in [0.1, 0.15) is 0 Å². The van der Waals surface area contributed by atoms with Crippen LogP contribution in [-0.4, -0.2) is 0 Å². The molecule has 4 nitrogen and oxygen atoms in total. The summed E-state index contributed by atoms with van der Waals surface area (Å²) in [6.07, 6.45) is 17.0. The Bertz CT molecular complexity index is 1460. The van der Waals surface area contributed by atoms with E-state index in [1.165, 1.54) is 44.8 Å². The van der Waals surface area contributed by atoms with Gasteiger partial charge in [0.15, 0.2) is 0 Å². The molecular formula is C36H46N4Pt. The molecule has 0 amide bonds. The second kappa shape index (κ2) is 13.2. The summed E-state index contributed by atoms with van der Waals surface area (Å²) in [5.41, 5.74) is 14.8. The molecule has 5 heteroatoms. The van der Waals surface area contributed by atoms with Crippen LogP contribution in [0.1, 0.15) is 124 Å². The second-order valence-electron chi connectivity index (χ2n) is 11.2. The maximum Gasteiger partial charge on any atom is 4.00 e. The van der Waals surface area contributed by atoms with Crippen LogP contribution in [0.15, 0.2) is 11.4 Å². The van der Waals surface area contributed by atoms with Crippen molar-refractivity contribution < 1.29 is 21.1 Å². The summed E-state index contributed by atoms with van der Waals surface area (Å²) in [7, 11) is 0. The van der Waals surface area contributed by atoms with E-state index in [9.17, 15) is 0 Å². The van der Waals surface area contributed by atoms with Gasteiger partial charge >= 0.3 is 21.1 Å². The molecule has 1 saturated heterocycles. The monoisotopic (exact) mass is 729 g/mol. The molecule has 0 N–H and O–H groups in total. The Morgan fingerprint density at radius 3 is 1.05 bits per heavy atom. The van der Waals surface area contributed by atoms with E-state index in [0.717, 1.165) is 84.8 Å². The van der Waals surface area contributed by atoms with Crippen molar-refractivity contribution in [1.82, 2.24) is 15.0 Å². The minimum absolute atomic E-state index is 0. The summed E-state index contributed by atoms with van der Waals surface area (Å²) in [5, 5.41) is 7.46. The van der Waals surface area contributed by atoms with Crippen LogP contribution in [0, 0.1) is 11.8 Å². The summed E-state index contributed by atoms with van der Waals surface area (Å²) in [6, 6.07) is 0. The molecule has 3 aromatic heterocycles. The van der Waals surface area contributed by atoms with Gasteiger partial charge in [0.2, 0.25) is 0 Å². The van der Waals surface area contributed by atoms with Crippen molar-refractivity contribution in [2.45, 2.75) is 107 Å². The van der Waals surface area contributed by atoms with E-state index in [2.05, 4.69) is 79.7 Å². The van der Waals surface area contributed by atoms with E-state index < -0.39 is 0 Å². The zero-order valence-corrected chi connectivity index (χ0v) is 28.5. The molecule has 0 spiro atoms. The predicted octanol–water partition coefficient (Wildman–Crippen LogP) is 6.72. The van der Waals surface area contributed by atoms with Crippen LogP contribution in [0.25, 0.3) is 29.6 Å². The fraction of sp³-hybridized carbons (Fsp3) is 0.500. The Balaban J connectivity index is 0.00000387. The molecule has 3 aromatic rings. The van der Waals surface area contributed by atoms with E-state index in [-0.39, 0.29) is 21.1 Å². The Morgan fingerprint density at radius 1 is 0.439 bits per heavy atom. The van der Waals surface area contributed by atoms with Crippen LogP contribution in [0.2, 0.25) is 0 Å². The normalized spacial score (nSPS) is 22.0. The van der Waals surface area contributed by atoms with Crippen molar-refractivity contribution in [2.75, 3.05) is 0 Å². The third-order valence-electron chi connectivity index (χ3n) is 9.29. The number of allylic oxidation sites excluding steroid dienone is 2. The van der Waals surface area contributed by atoms with Crippen LogP contribution in [-0.2, 0) is 59.6 Å². The van der Waals surface area contributed by atoms with Gasteiger partial charge in [-0.15, -0.1) is 33.5 Å². The molecule has 8 bridgehead atoms. The molecule has 1 fully saturated rings. The maximum absolute atomic E-state index is 5.33. The van der Waals surface area contributed by atoms with Crippen molar-refractivity contribution in [3.05, 3.63) is 83.6 Å². The molecule has 0 aromatic carbocycles. The fourth-order valence-electron chi connectivity index (χ4n) is 7.34. The Hall–Kier alpha value is -2.45. The summed E-state index contributed by atoms with van der Waals surface area (Å²) >= 11 is 0. The van der Waals surface area contributed by atoms with Crippen molar-refractivity contribution in [1.29, 1.82) is 0 Å². The zero-order chi connectivity index (χ0) is 28.6. The van der Waals surface area contributed by atoms with Gasteiger partial charge in [-0.3, -0.25) is 0 Å². The topological polar surface area (TPSA) is 56.4 Å². The average Bonchev–Trinajstić information content (AvgIpc) is 3.67. The quantitative estimate of drug-likeness (QED) is 0.259. The summed E-state index contributed by atoms with van der Waals surface area (Å²) in [5.74, 6) is 0.806. The largest absolute Gasteiger partial charge is 4.00 e. The van der Waals surface area contributed by atoms with Crippen molar-refractivity contribution in [3.8, 4) is 0 Å². The number of hydrogen-bond donors (Lipinski definition) is 0. The predicted molar refractivity (Wildman–Crippen MR) is 169 cm³/mol. The number of hydrogen-bond acceptors (Lipinski definition) is 0. The van der Waals surface area contributed by atoms with Gasteiger partial charge in [-0.1, -0.05) is 126 Å². The molecule has 220 valence electrons. The van der Waals surface area contributed by atoms with E-state index >= 15 is 0 Å². The van der Waals surface area contributed by atoms with Crippen LogP contribution in [0.4, 0.5) is 0 Å². The first-order chi connectivity index (χ1) is 19.5. The minimum atomic E-state index is 0. The van der Waals surface area contributed by atoms with Crippen molar-refractivity contribution >= 4 is 24.3 Å². The average molecular weight is 730 g/mol. The van der Waals surface area contributed by atoms with Gasteiger partial charge in [-0.05, 0) is 50.4 Å². The molecular weight excluding hydrogens is 684 g/mol. The van der Waals surface area contributed by atoms with Crippen LogP contribution < -0.4 is 25.7 Å². The minimum Gasteiger partial charge on any atom is -0.664 e. The van der Waals surface area contributed by atoms with Crippen LogP contribution in [0.5, 0.6) is 0 Å². The molecule has 0 saturated carbocycles. The molecule has 2 aliphatic rings.